The first-order chi connectivity index (χ1) is 18.4. The maximum Gasteiger partial charge on any atom is 0.244 e. The summed E-state index contributed by atoms with van der Waals surface area (Å²) in [5.41, 5.74) is 3.24. The molecule has 2 aromatic heterocycles. The van der Waals surface area contributed by atoms with Crippen LogP contribution in [0.25, 0.3) is 21.8 Å². The van der Waals surface area contributed by atoms with Crippen LogP contribution in [0.1, 0.15) is 19.4 Å². The fourth-order valence-electron chi connectivity index (χ4n) is 5.43. The van der Waals surface area contributed by atoms with Crippen LogP contribution in [0.4, 0.5) is 5.69 Å². The number of fused-ring (bicyclic) bond motifs is 3. The quantitative estimate of drug-likeness (QED) is 0.377. The molecule has 1 amide bonds. The van der Waals surface area contributed by atoms with Crippen LogP contribution in [0.5, 0.6) is 0 Å². The molecule has 2 aliphatic rings. The lowest BCUT2D eigenvalue weighted by Crippen LogP contribution is -2.59. The van der Waals surface area contributed by atoms with E-state index in [1.54, 1.807) is 18.5 Å². The average molecular weight is 531 g/mol. The van der Waals surface area contributed by atoms with Gasteiger partial charge in [0.1, 0.15) is 11.9 Å². The summed E-state index contributed by atoms with van der Waals surface area (Å²) in [5.74, 6) is 0.881. The molecule has 2 N–H and O–H groups in total. The number of hydrogen-bond acceptors (Lipinski definition) is 6. The molecule has 0 saturated carbocycles. The van der Waals surface area contributed by atoms with E-state index in [-0.39, 0.29) is 11.5 Å². The molecular weight excluding hydrogens is 500 g/mol. The Hall–Kier alpha value is -3.46. The number of nitrogens with one attached hydrogen (secondary N) is 2. The number of H-pyrrole nitrogens is 1. The molecule has 1 atom stereocenters. The van der Waals surface area contributed by atoms with Gasteiger partial charge in [-0.15, -0.1) is 0 Å². The summed E-state index contributed by atoms with van der Waals surface area (Å²) in [6, 6.07) is 15.6. The van der Waals surface area contributed by atoms with E-state index in [4.69, 9.17) is 21.3 Å². The molecule has 0 radical (unpaired) electrons. The summed E-state index contributed by atoms with van der Waals surface area (Å²) in [7, 11) is 0. The summed E-state index contributed by atoms with van der Waals surface area (Å²) in [6.07, 6.45) is 3.53. The van der Waals surface area contributed by atoms with Crippen molar-refractivity contribution in [2.24, 2.45) is 4.99 Å². The Balaban J connectivity index is 1.24. The van der Waals surface area contributed by atoms with Gasteiger partial charge in [-0.1, -0.05) is 41.9 Å². The van der Waals surface area contributed by atoms with Crippen LogP contribution in [0.2, 0.25) is 5.02 Å². The van der Waals surface area contributed by atoms with Gasteiger partial charge in [0.05, 0.1) is 48.2 Å². The number of benzene rings is 2. The third-order valence-electron chi connectivity index (χ3n) is 7.28. The number of amides is 1. The highest BCUT2D eigenvalue weighted by atomic mass is 35.5. The third kappa shape index (κ3) is 4.99. The Bertz CT molecular complexity index is 1520. The van der Waals surface area contributed by atoms with Crippen LogP contribution < -0.4 is 5.32 Å². The average Bonchev–Trinajstić information content (AvgIpc) is 3.48. The number of aliphatic imine (C=N–C) groups is 1. The van der Waals surface area contributed by atoms with Gasteiger partial charge in [-0.2, -0.15) is 0 Å². The van der Waals surface area contributed by atoms with Gasteiger partial charge in [0, 0.05) is 41.6 Å². The number of anilines is 1. The molecule has 4 aromatic rings. The van der Waals surface area contributed by atoms with E-state index in [1.807, 2.05) is 18.2 Å². The zero-order chi connectivity index (χ0) is 26.3. The first kappa shape index (κ1) is 24.9. The van der Waals surface area contributed by atoms with Gasteiger partial charge < -0.3 is 19.9 Å². The summed E-state index contributed by atoms with van der Waals surface area (Å²) >= 11 is 6.48. The summed E-state index contributed by atoms with van der Waals surface area (Å²) in [4.78, 5) is 30.7. The van der Waals surface area contributed by atoms with Crippen molar-refractivity contribution >= 4 is 50.8 Å². The van der Waals surface area contributed by atoms with Gasteiger partial charge in [0.25, 0.3) is 0 Å². The molecule has 1 fully saturated rings. The zero-order valence-electron chi connectivity index (χ0n) is 21.6. The molecule has 1 saturated heterocycles. The SMILES string of the molecule is CC1(C)CN(CC2=NCCN2Cc2ccccc2)[C@H](C(=O)Nc2cc(Cl)cc3c2[nH]c2cnccc23)CO1. The van der Waals surface area contributed by atoms with Crippen LogP contribution in [-0.2, 0) is 16.1 Å². The topological polar surface area (TPSA) is 85.9 Å². The van der Waals surface area contributed by atoms with E-state index < -0.39 is 6.04 Å². The monoisotopic (exact) mass is 530 g/mol. The second kappa shape index (κ2) is 10.0. The highest BCUT2D eigenvalue weighted by Gasteiger charge is 2.39. The van der Waals surface area contributed by atoms with Crippen molar-refractivity contribution in [3.63, 3.8) is 0 Å². The molecule has 6 rings (SSSR count). The van der Waals surface area contributed by atoms with Gasteiger partial charge in [-0.3, -0.25) is 19.7 Å². The van der Waals surface area contributed by atoms with Gasteiger partial charge in [-0.25, -0.2) is 0 Å². The number of aromatic amines is 1. The van der Waals surface area contributed by atoms with E-state index in [0.717, 1.165) is 47.3 Å². The van der Waals surface area contributed by atoms with Crippen molar-refractivity contribution in [1.82, 2.24) is 19.8 Å². The summed E-state index contributed by atoms with van der Waals surface area (Å²) in [5, 5.41) is 5.65. The second-order valence-electron chi connectivity index (χ2n) is 10.6. The van der Waals surface area contributed by atoms with Crippen LogP contribution in [0.15, 0.2) is 65.9 Å². The Morgan fingerprint density at radius 2 is 2.03 bits per heavy atom. The first-order valence-corrected chi connectivity index (χ1v) is 13.3. The molecule has 2 aromatic carbocycles. The number of aromatic nitrogens is 2. The number of carbonyl (C=O) groups is 1. The number of rotatable bonds is 6. The maximum absolute atomic E-state index is 13.7. The molecular formula is C29H31ClN6O2. The van der Waals surface area contributed by atoms with Crippen LogP contribution in [0.3, 0.4) is 0 Å². The number of nitrogens with zero attached hydrogens (tertiary/aromatic N) is 4. The number of halogens is 1. The number of morpholine rings is 1. The van der Waals surface area contributed by atoms with Gasteiger partial charge >= 0.3 is 0 Å². The van der Waals surface area contributed by atoms with Crippen molar-refractivity contribution in [2.75, 3.05) is 38.1 Å². The fraction of sp³-hybridized carbons (Fsp3) is 0.345. The Morgan fingerprint density at radius 3 is 2.87 bits per heavy atom. The maximum atomic E-state index is 13.7. The normalized spacial score (nSPS) is 19.7. The highest BCUT2D eigenvalue weighted by Crippen LogP contribution is 2.33. The Labute approximate surface area is 226 Å². The van der Waals surface area contributed by atoms with Crippen molar-refractivity contribution in [1.29, 1.82) is 0 Å². The molecule has 0 aliphatic carbocycles. The fourth-order valence-corrected chi connectivity index (χ4v) is 5.65. The number of hydrogen-bond donors (Lipinski definition) is 2. The zero-order valence-corrected chi connectivity index (χ0v) is 22.3. The molecule has 38 heavy (non-hydrogen) atoms. The van der Waals surface area contributed by atoms with Crippen LogP contribution >= 0.6 is 11.6 Å². The molecule has 196 valence electrons. The van der Waals surface area contributed by atoms with E-state index in [9.17, 15) is 4.79 Å². The van der Waals surface area contributed by atoms with Crippen LogP contribution in [0, 0.1) is 0 Å². The van der Waals surface area contributed by atoms with E-state index in [0.29, 0.717) is 30.4 Å². The van der Waals surface area contributed by atoms with E-state index in [1.165, 1.54) is 5.56 Å². The Morgan fingerprint density at radius 1 is 1.18 bits per heavy atom. The van der Waals surface area contributed by atoms with Gasteiger partial charge in [0.15, 0.2) is 0 Å². The largest absolute Gasteiger partial charge is 0.372 e. The Kier molecular flexibility index (Phi) is 6.55. The number of carbonyl (C=O) groups excluding carboxylic acids is 1. The van der Waals surface area contributed by atoms with Gasteiger partial charge in [-0.05, 0) is 37.6 Å². The van der Waals surface area contributed by atoms with Crippen molar-refractivity contribution < 1.29 is 9.53 Å². The lowest BCUT2D eigenvalue weighted by molar-refractivity contribution is -0.141. The smallest absolute Gasteiger partial charge is 0.244 e. The molecule has 0 spiro atoms. The number of pyridine rings is 1. The number of ether oxygens (including phenoxy) is 1. The number of amidine groups is 1. The third-order valence-corrected chi connectivity index (χ3v) is 7.50. The predicted molar refractivity (Wildman–Crippen MR) is 152 cm³/mol. The van der Waals surface area contributed by atoms with Crippen molar-refractivity contribution in [3.05, 3.63) is 71.5 Å². The molecule has 0 bridgehead atoms. The van der Waals surface area contributed by atoms with Gasteiger partial charge in [0.2, 0.25) is 5.91 Å². The van der Waals surface area contributed by atoms with E-state index in [2.05, 4.69) is 63.2 Å². The molecule has 9 heteroatoms. The van der Waals surface area contributed by atoms with E-state index >= 15 is 0 Å². The minimum Gasteiger partial charge on any atom is -0.372 e. The van der Waals surface area contributed by atoms with Crippen molar-refractivity contribution in [2.45, 2.75) is 32.0 Å². The standard InChI is InChI=1S/C29H31ClN6O2/c1-29(2)18-36(16-26-32-10-11-35(26)15-19-6-4-3-5-7-19)25(17-38-29)28(37)34-23-13-20(30)12-22-21-8-9-31-14-24(21)33-27(22)23/h3-9,12-14,25,33H,10-11,15-18H2,1-2H3,(H,34,37)/t25-/m0/s1. The summed E-state index contributed by atoms with van der Waals surface area (Å²) < 4.78 is 6.12. The summed E-state index contributed by atoms with van der Waals surface area (Å²) in [6.45, 7) is 8.07. The van der Waals surface area contributed by atoms with Crippen LogP contribution in [-0.4, -0.2) is 75.9 Å². The molecule has 2 aliphatic heterocycles. The lowest BCUT2D eigenvalue weighted by atomic mass is 10.0. The highest BCUT2D eigenvalue weighted by molar-refractivity contribution is 6.33. The van der Waals surface area contributed by atoms with Crippen molar-refractivity contribution in [3.8, 4) is 0 Å². The molecule has 4 heterocycles. The second-order valence-corrected chi connectivity index (χ2v) is 11.0. The lowest BCUT2D eigenvalue weighted by Gasteiger charge is -2.43. The minimum atomic E-state index is -0.468. The minimum absolute atomic E-state index is 0.131. The predicted octanol–water partition coefficient (Wildman–Crippen LogP) is 4.70. The molecule has 8 nitrogen and oxygen atoms in total. The molecule has 0 unspecified atom stereocenters. The first-order valence-electron chi connectivity index (χ1n) is 12.9.